The Morgan fingerprint density at radius 2 is 2.06 bits per heavy atom. The molecule has 2 atom stereocenters. The van der Waals surface area contributed by atoms with Crippen molar-refractivity contribution in [1.29, 1.82) is 0 Å². The van der Waals surface area contributed by atoms with Crippen LogP contribution in [0.1, 0.15) is 56.3 Å². The molecular weight excluding hydrogens is 419 g/mol. The molecule has 1 aliphatic heterocycles. The Kier molecular flexibility index (Phi) is 8.26. The third-order valence-electron chi connectivity index (χ3n) is 5.78. The van der Waals surface area contributed by atoms with Crippen molar-refractivity contribution in [2.45, 2.75) is 52.2 Å². The summed E-state index contributed by atoms with van der Waals surface area (Å²) in [4.78, 5) is 27.4. The van der Waals surface area contributed by atoms with Gasteiger partial charge in [0, 0.05) is 19.5 Å². The van der Waals surface area contributed by atoms with Crippen LogP contribution in [0.2, 0.25) is 0 Å². The molecule has 1 N–H and O–H groups in total. The normalized spacial score (nSPS) is 16.2. The monoisotopic (exact) mass is 452 g/mol. The molecule has 176 valence electrons. The molecule has 0 bridgehead atoms. The zero-order valence-electron chi connectivity index (χ0n) is 19.6. The number of hydrogen-bond acceptors (Lipinski definition) is 3. The first-order valence-electron chi connectivity index (χ1n) is 11.6. The number of benzene rings is 2. The largest absolute Gasteiger partial charge is 0.481 e. The van der Waals surface area contributed by atoms with Crippen LogP contribution in [0.25, 0.3) is 0 Å². The molecule has 0 aliphatic carbocycles. The van der Waals surface area contributed by atoms with Crippen molar-refractivity contribution in [3.8, 4) is 5.75 Å². The van der Waals surface area contributed by atoms with E-state index in [0.717, 1.165) is 16.7 Å². The van der Waals surface area contributed by atoms with E-state index in [2.05, 4.69) is 11.9 Å². The highest BCUT2D eigenvalue weighted by Crippen LogP contribution is 2.38. The fraction of sp³-hybridized carbons (Fsp3) is 0.407. The Bertz CT molecular complexity index is 1000. The molecule has 0 spiro atoms. The summed E-state index contributed by atoms with van der Waals surface area (Å²) in [6.07, 6.45) is 2.63. The standard InChI is InChI=1S/C27H33FN2O3/c1-5-13-29-27(32)24(6-2)33-22-11-10-19-12-14-30(25(31)15-18(3)4)26(23(19)17-22)20-8-7-9-21(28)16-20/h5,7-11,16-18,24,26H,1,6,12-15H2,2-4H3,(H,29,32)/t24-,26-/m1/s1. The molecule has 0 fully saturated rings. The molecule has 1 heterocycles. The number of ether oxygens (including phenoxy) is 1. The van der Waals surface area contributed by atoms with Gasteiger partial charge in [-0.15, -0.1) is 6.58 Å². The van der Waals surface area contributed by atoms with E-state index in [1.165, 1.54) is 12.1 Å². The molecule has 33 heavy (non-hydrogen) atoms. The average molecular weight is 453 g/mol. The van der Waals surface area contributed by atoms with Gasteiger partial charge >= 0.3 is 0 Å². The number of nitrogens with zero attached hydrogens (tertiary/aromatic N) is 1. The summed E-state index contributed by atoms with van der Waals surface area (Å²) in [5, 5.41) is 2.77. The number of rotatable bonds is 9. The fourth-order valence-electron chi connectivity index (χ4n) is 4.21. The molecule has 0 saturated heterocycles. The van der Waals surface area contributed by atoms with E-state index in [1.807, 2.05) is 49.9 Å². The Balaban J connectivity index is 1.98. The summed E-state index contributed by atoms with van der Waals surface area (Å²) >= 11 is 0. The molecule has 1 aliphatic rings. The van der Waals surface area contributed by atoms with E-state index in [4.69, 9.17) is 4.74 Å². The lowest BCUT2D eigenvalue weighted by Crippen LogP contribution is -2.41. The minimum absolute atomic E-state index is 0.0477. The van der Waals surface area contributed by atoms with Crippen LogP contribution in [0.15, 0.2) is 55.1 Å². The molecular formula is C27H33FN2O3. The van der Waals surface area contributed by atoms with Gasteiger partial charge in [-0.2, -0.15) is 0 Å². The zero-order valence-corrected chi connectivity index (χ0v) is 19.6. The molecule has 2 aromatic rings. The predicted molar refractivity (Wildman–Crippen MR) is 127 cm³/mol. The van der Waals surface area contributed by atoms with Crippen molar-refractivity contribution in [2.24, 2.45) is 5.92 Å². The first-order chi connectivity index (χ1) is 15.8. The van der Waals surface area contributed by atoms with Crippen LogP contribution >= 0.6 is 0 Å². The molecule has 5 nitrogen and oxygen atoms in total. The summed E-state index contributed by atoms with van der Waals surface area (Å²) in [6, 6.07) is 11.7. The lowest BCUT2D eigenvalue weighted by atomic mass is 9.87. The Hall–Kier alpha value is -3.15. The summed E-state index contributed by atoms with van der Waals surface area (Å²) in [5.74, 6) is 0.278. The average Bonchev–Trinajstić information content (AvgIpc) is 2.79. The minimum Gasteiger partial charge on any atom is -0.481 e. The van der Waals surface area contributed by atoms with Crippen LogP contribution in [0, 0.1) is 11.7 Å². The molecule has 0 unspecified atom stereocenters. The second-order valence-corrected chi connectivity index (χ2v) is 8.80. The van der Waals surface area contributed by atoms with Gasteiger partial charge in [0.1, 0.15) is 11.6 Å². The summed E-state index contributed by atoms with van der Waals surface area (Å²) in [7, 11) is 0. The van der Waals surface area contributed by atoms with Crippen LogP contribution < -0.4 is 10.1 Å². The van der Waals surface area contributed by atoms with E-state index >= 15 is 0 Å². The summed E-state index contributed by atoms with van der Waals surface area (Å²) < 4.78 is 20.2. The van der Waals surface area contributed by atoms with Crippen LogP contribution in [0.5, 0.6) is 5.75 Å². The van der Waals surface area contributed by atoms with E-state index in [0.29, 0.717) is 38.1 Å². The number of nitrogens with one attached hydrogen (secondary N) is 1. The Labute approximate surface area is 195 Å². The van der Waals surface area contributed by atoms with Gasteiger partial charge in [-0.05, 0) is 59.7 Å². The molecule has 0 saturated carbocycles. The van der Waals surface area contributed by atoms with E-state index in [-0.39, 0.29) is 23.5 Å². The molecule has 2 aromatic carbocycles. The van der Waals surface area contributed by atoms with Gasteiger partial charge in [-0.25, -0.2) is 4.39 Å². The number of halogens is 1. The number of carbonyl (C=O) groups is 2. The molecule has 2 amide bonds. The first-order valence-corrected chi connectivity index (χ1v) is 11.6. The van der Waals surface area contributed by atoms with Crippen LogP contribution in [-0.4, -0.2) is 35.9 Å². The number of fused-ring (bicyclic) bond motifs is 1. The number of carbonyl (C=O) groups excluding carboxylic acids is 2. The van der Waals surface area contributed by atoms with E-state index in [1.54, 1.807) is 12.1 Å². The predicted octanol–water partition coefficient (Wildman–Crippen LogP) is 4.81. The fourth-order valence-corrected chi connectivity index (χ4v) is 4.21. The highest BCUT2D eigenvalue weighted by molar-refractivity contribution is 5.81. The topological polar surface area (TPSA) is 58.6 Å². The van der Waals surface area contributed by atoms with Gasteiger partial charge in [-0.1, -0.05) is 45.0 Å². The Morgan fingerprint density at radius 1 is 1.27 bits per heavy atom. The third kappa shape index (κ3) is 6.01. The van der Waals surface area contributed by atoms with Crippen molar-refractivity contribution >= 4 is 11.8 Å². The van der Waals surface area contributed by atoms with Gasteiger partial charge in [0.15, 0.2) is 6.10 Å². The number of amides is 2. The lowest BCUT2D eigenvalue weighted by Gasteiger charge is -2.38. The third-order valence-corrected chi connectivity index (χ3v) is 5.78. The van der Waals surface area contributed by atoms with Crippen LogP contribution in [0.3, 0.4) is 0 Å². The van der Waals surface area contributed by atoms with E-state index < -0.39 is 12.1 Å². The smallest absolute Gasteiger partial charge is 0.261 e. The quantitative estimate of drug-likeness (QED) is 0.556. The van der Waals surface area contributed by atoms with Crippen molar-refractivity contribution < 1.29 is 18.7 Å². The van der Waals surface area contributed by atoms with Crippen molar-refractivity contribution in [2.75, 3.05) is 13.1 Å². The van der Waals surface area contributed by atoms with Crippen molar-refractivity contribution in [1.82, 2.24) is 10.2 Å². The zero-order chi connectivity index (χ0) is 24.0. The second kappa shape index (κ2) is 11.1. The van der Waals surface area contributed by atoms with Crippen molar-refractivity contribution in [3.63, 3.8) is 0 Å². The van der Waals surface area contributed by atoms with Gasteiger partial charge in [0.05, 0.1) is 6.04 Å². The van der Waals surface area contributed by atoms with Gasteiger partial charge in [0.25, 0.3) is 5.91 Å². The van der Waals surface area contributed by atoms with Gasteiger partial charge < -0.3 is 15.0 Å². The maximum atomic E-state index is 14.1. The van der Waals surface area contributed by atoms with E-state index in [9.17, 15) is 14.0 Å². The van der Waals surface area contributed by atoms with Crippen LogP contribution in [0.4, 0.5) is 4.39 Å². The summed E-state index contributed by atoms with van der Waals surface area (Å²) in [6.45, 7) is 10.5. The van der Waals surface area contributed by atoms with Crippen molar-refractivity contribution in [3.05, 3.63) is 77.6 Å². The maximum Gasteiger partial charge on any atom is 0.261 e. The SMILES string of the molecule is C=CCNC(=O)[C@@H](CC)Oc1ccc2c(c1)[C@@H](c1cccc(F)c1)N(C(=O)CC(C)C)CC2. The molecule has 6 heteroatoms. The highest BCUT2D eigenvalue weighted by Gasteiger charge is 2.33. The molecule has 0 radical (unpaired) electrons. The maximum absolute atomic E-state index is 14.1. The first kappa shape index (κ1) is 24.5. The summed E-state index contributed by atoms with van der Waals surface area (Å²) in [5.41, 5.74) is 2.72. The second-order valence-electron chi connectivity index (χ2n) is 8.80. The minimum atomic E-state index is -0.641. The molecule has 0 aromatic heterocycles. The van der Waals surface area contributed by atoms with Gasteiger partial charge in [0.2, 0.25) is 5.91 Å². The highest BCUT2D eigenvalue weighted by atomic mass is 19.1. The van der Waals surface area contributed by atoms with Crippen LogP contribution in [-0.2, 0) is 16.0 Å². The Morgan fingerprint density at radius 3 is 2.73 bits per heavy atom. The molecule has 3 rings (SSSR count). The number of hydrogen-bond donors (Lipinski definition) is 1. The lowest BCUT2D eigenvalue weighted by molar-refractivity contribution is -0.134. The van der Waals surface area contributed by atoms with Gasteiger partial charge in [-0.3, -0.25) is 9.59 Å².